The molecule has 0 heterocycles. The van der Waals surface area contributed by atoms with E-state index in [9.17, 15) is 8.78 Å². The van der Waals surface area contributed by atoms with Gasteiger partial charge in [0.05, 0.1) is 10.0 Å². The zero-order valence-electron chi connectivity index (χ0n) is 9.49. The van der Waals surface area contributed by atoms with Gasteiger partial charge in [-0.05, 0) is 52.3 Å². The molecule has 0 aromatic heterocycles. The predicted octanol–water partition coefficient (Wildman–Crippen LogP) is 4.15. The third kappa shape index (κ3) is 3.27. The molecule has 0 aliphatic carbocycles. The molecule has 0 saturated heterocycles. The van der Waals surface area contributed by atoms with Gasteiger partial charge in [0.2, 0.25) is 0 Å². The van der Waals surface area contributed by atoms with Gasteiger partial charge in [0.15, 0.2) is 0 Å². The van der Waals surface area contributed by atoms with Crippen molar-refractivity contribution in [2.75, 3.05) is 0 Å². The third-order valence-electron chi connectivity index (χ3n) is 2.32. The Morgan fingerprint density at radius 3 is 2.21 bits per heavy atom. The van der Waals surface area contributed by atoms with Crippen LogP contribution in [0.2, 0.25) is 0 Å². The molecule has 2 N–H and O–H groups in total. The van der Waals surface area contributed by atoms with E-state index in [2.05, 4.69) is 15.9 Å². The van der Waals surface area contributed by atoms with E-state index in [0.29, 0.717) is 16.0 Å². The number of hydrogen-bond donors (Lipinski definition) is 1. The van der Waals surface area contributed by atoms with E-state index in [4.69, 9.17) is 22.7 Å². The molecule has 0 aliphatic rings. The maximum absolute atomic E-state index is 13.1. The van der Waals surface area contributed by atoms with Gasteiger partial charge < -0.3 is 10.5 Å². The molecule has 0 amide bonds. The lowest BCUT2D eigenvalue weighted by Crippen LogP contribution is -2.11. The summed E-state index contributed by atoms with van der Waals surface area (Å²) in [4.78, 5) is 0.0211. The van der Waals surface area contributed by atoms with Crippen molar-refractivity contribution in [1.29, 1.82) is 0 Å². The fourth-order valence-corrected chi connectivity index (χ4v) is 2.05. The highest BCUT2D eigenvalue weighted by Crippen LogP contribution is 2.32. The number of halogens is 3. The quantitative estimate of drug-likeness (QED) is 0.850. The van der Waals surface area contributed by atoms with Gasteiger partial charge in [-0.3, -0.25) is 0 Å². The Bertz CT molecular complexity index is 649. The normalized spacial score (nSPS) is 10.3. The lowest BCUT2D eigenvalue weighted by molar-refractivity contribution is 0.474. The molecule has 0 bridgehead atoms. The summed E-state index contributed by atoms with van der Waals surface area (Å²) in [6.45, 7) is 0. The molecule has 0 aliphatic heterocycles. The summed E-state index contributed by atoms with van der Waals surface area (Å²) in [5.41, 5.74) is 5.80. The van der Waals surface area contributed by atoms with Crippen LogP contribution in [0, 0.1) is 11.6 Å². The Morgan fingerprint density at radius 1 is 1.05 bits per heavy atom. The average molecular weight is 344 g/mol. The van der Waals surface area contributed by atoms with E-state index in [0.717, 1.165) is 0 Å². The summed E-state index contributed by atoms with van der Waals surface area (Å²) in [5, 5.41) is 0. The fraction of sp³-hybridized carbons (Fsp3) is 0. The Morgan fingerprint density at radius 2 is 1.63 bits per heavy atom. The van der Waals surface area contributed by atoms with Crippen molar-refractivity contribution < 1.29 is 13.5 Å². The second-order valence-corrected chi connectivity index (χ2v) is 4.98. The van der Waals surface area contributed by atoms with E-state index >= 15 is 0 Å². The monoisotopic (exact) mass is 343 g/mol. The summed E-state index contributed by atoms with van der Waals surface area (Å²) in [7, 11) is 0. The minimum absolute atomic E-state index is 0.0211. The van der Waals surface area contributed by atoms with Crippen LogP contribution in [0.3, 0.4) is 0 Å². The molecular weight excluding hydrogens is 336 g/mol. The summed E-state index contributed by atoms with van der Waals surface area (Å²) in [6.07, 6.45) is 0. The average Bonchev–Trinajstić information content (AvgIpc) is 2.34. The lowest BCUT2D eigenvalue weighted by Gasteiger charge is -2.11. The predicted molar refractivity (Wildman–Crippen MR) is 76.5 cm³/mol. The van der Waals surface area contributed by atoms with Gasteiger partial charge in [-0.15, -0.1) is 0 Å². The molecule has 0 radical (unpaired) electrons. The number of hydrogen-bond acceptors (Lipinski definition) is 2. The topological polar surface area (TPSA) is 35.2 Å². The standard InChI is InChI=1S/C13H8BrF2NOS/c14-10-6-8(16)2-4-12(10)18-11-3-1-7(15)5-9(11)13(17)19/h1-6H,(H2,17,19). The lowest BCUT2D eigenvalue weighted by atomic mass is 10.2. The number of thiocarbonyl (C=S) groups is 1. The first-order valence-electron chi connectivity index (χ1n) is 5.19. The van der Waals surface area contributed by atoms with Crippen molar-refractivity contribution >= 4 is 33.1 Å². The van der Waals surface area contributed by atoms with Gasteiger partial charge in [0.25, 0.3) is 0 Å². The smallest absolute Gasteiger partial charge is 0.141 e. The second kappa shape index (κ2) is 5.63. The molecule has 0 saturated carbocycles. The van der Waals surface area contributed by atoms with E-state index < -0.39 is 11.6 Å². The summed E-state index contributed by atoms with van der Waals surface area (Å²) >= 11 is 8.02. The highest BCUT2D eigenvalue weighted by Gasteiger charge is 2.11. The number of nitrogens with two attached hydrogens (primary N) is 1. The van der Waals surface area contributed by atoms with Gasteiger partial charge in [-0.1, -0.05) is 12.2 Å². The van der Waals surface area contributed by atoms with Gasteiger partial charge in [0, 0.05) is 0 Å². The zero-order valence-corrected chi connectivity index (χ0v) is 11.9. The molecule has 0 atom stereocenters. The van der Waals surface area contributed by atoms with Crippen molar-refractivity contribution in [3.05, 3.63) is 58.1 Å². The van der Waals surface area contributed by atoms with Crippen molar-refractivity contribution in [1.82, 2.24) is 0 Å². The SMILES string of the molecule is NC(=S)c1cc(F)ccc1Oc1ccc(F)cc1Br. The molecule has 2 nitrogen and oxygen atoms in total. The molecular formula is C13H8BrF2NOS. The molecule has 0 unspecified atom stereocenters. The van der Waals surface area contributed by atoms with E-state index in [-0.39, 0.29) is 10.6 Å². The Kier molecular flexibility index (Phi) is 4.11. The summed E-state index contributed by atoms with van der Waals surface area (Å²) in [5.74, 6) is -0.173. The third-order valence-corrected chi connectivity index (χ3v) is 3.16. The van der Waals surface area contributed by atoms with Crippen LogP contribution in [0.25, 0.3) is 0 Å². The van der Waals surface area contributed by atoms with Gasteiger partial charge in [-0.25, -0.2) is 8.78 Å². The maximum Gasteiger partial charge on any atom is 0.141 e. The number of ether oxygens (including phenoxy) is 1. The van der Waals surface area contributed by atoms with Crippen LogP contribution in [0.5, 0.6) is 11.5 Å². The first kappa shape index (κ1) is 13.9. The van der Waals surface area contributed by atoms with Crippen molar-refractivity contribution in [3.63, 3.8) is 0 Å². The minimum atomic E-state index is -0.465. The Balaban J connectivity index is 2.40. The summed E-state index contributed by atoms with van der Waals surface area (Å²) in [6, 6.07) is 7.80. The first-order valence-corrected chi connectivity index (χ1v) is 6.40. The van der Waals surface area contributed by atoms with Crippen LogP contribution in [0.4, 0.5) is 8.78 Å². The minimum Gasteiger partial charge on any atom is -0.455 e. The molecule has 6 heteroatoms. The second-order valence-electron chi connectivity index (χ2n) is 3.68. The molecule has 2 aromatic carbocycles. The van der Waals surface area contributed by atoms with Crippen molar-refractivity contribution in [2.45, 2.75) is 0 Å². The van der Waals surface area contributed by atoms with Crippen LogP contribution in [0.15, 0.2) is 40.9 Å². The Hall–Kier alpha value is -1.53. The molecule has 0 spiro atoms. The van der Waals surface area contributed by atoms with E-state index in [1.165, 1.54) is 36.4 Å². The van der Waals surface area contributed by atoms with Gasteiger partial charge >= 0.3 is 0 Å². The Labute approximate surface area is 122 Å². The molecule has 2 rings (SSSR count). The molecule has 2 aromatic rings. The molecule has 0 fully saturated rings. The summed E-state index contributed by atoms with van der Waals surface area (Å²) < 4.78 is 32.1. The fourth-order valence-electron chi connectivity index (χ4n) is 1.46. The van der Waals surface area contributed by atoms with Gasteiger partial charge in [0.1, 0.15) is 28.1 Å². The van der Waals surface area contributed by atoms with Crippen LogP contribution >= 0.6 is 28.1 Å². The van der Waals surface area contributed by atoms with Crippen molar-refractivity contribution in [3.8, 4) is 11.5 Å². The highest BCUT2D eigenvalue weighted by atomic mass is 79.9. The highest BCUT2D eigenvalue weighted by molar-refractivity contribution is 9.10. The van der Waals surface area contributed by atoms with Crippen LogP contribution in [-0.2, 0) is 0 Å². The van der Waals surface area contributed by atoms with Crippen molar-refractivity contribution in [2.24, 2.45) is 5.73 Å². The number of benzene rings is 2. The molecule has 19 heavy (non-hydrogen) atoms. The zero-order chi connectivity index (χ0) is 14.0. The van der Waals surface area contributed by atoms with E-state index in [1.54, 1.807) is 0 Å². The van der Waals surface area contributed by atoms with Crippen LogP contribution < -0.4 is 10.5 Å². The van der Waals surface area contributed by atoms with Gasteiger partial charge in [-0.2, -0.15) is 0 Å². The largest absolute Gasteiger partial charge is 0.455 e. The first-order chi connectivity index (χ1) is 8.97. The number of rotatable bonds is 3. The molecule has 98 valence electrons. The van der Waals surface area contributed by atoms with E-state index in [1.807, 2.05) is 0 Å². The van der Waals surface area contributed by atoms with Crippen LogP contribution in [0.1, 0.15) is 5.56 Å². The van der Waals surface area contributed by atoms with Crippen LogP contribution in [-0.4, -0.2) is 4.99 Å². The maximum atomic E-state index is 13.1.